The molecule has 66 valence electrons. The lowest BCUT2D eigenvalue weighted by Gasteiger charge is -1.96. The number of fused-ring (bicyclic) bond motifs is 1. The van der Waals surface area contributed by atoms with Crippen LogP contribution in [0, 0.1) is 0 Å². The van der Waals surface area contributed by atoms with E-state index < -0.39 is 0 Å². The molecule has 2 aromatic heterocycles. The molecule has 0 saturated heterocycles. The highest BCUT2D eigenvalue weighted by Gasteiger charge is 2.02. The Balaban J connectivity index is 2.95. The van der Waals surface area contributed by atoms with E-state index in [1.165, 1.54) is 6.07 Å². The van der Waals surface area contributed by atoms with Crippen LogP contribution in [-0.2, 0) is 0 Å². The molecule has 0 bridgehead atoms. The number of pyridine rings is 1. The molecule has 0 aromatic carbocycles. The number of aromatic amines is 1. The molecular weight excluding hydrogens is 192 g/mol. The Labute approximate surface area is 77.6 Å². The number of halogens is 1. The maximum atomic E-state index is 11.3. The molecule has 6 heteroatoms. The number of nitrogens with one attached hydrogen (secondary N) is 1. The van der Waals surface area contributed by atoms with Gasteiger partial charge >= 0.3 is 0 Å². The van der Waals surface area contributed by atoms with Gasteiger partial charge in [0.2, 0.25) is 5.95 Å². The van der Waals surface area contributed by atoms with Crippen LogP contribution in [-0.4, -0.2) is 15.0 Å². The smallest absolute Gasteiger partial charge is 0.261 e. The molecule has 2 heterocycles. The van der Waals surface area contributed by atoms with Crippen molar-refractivity contribution in [1.29, 1.82) is 0 Å². The monoisotopic (exact) mass is 196 g/mol. The molecule has 0 amide bonds. The SMILES string of the molecule is Nc1nc2nc(Cl)ccc2c(=O)[nH]1. The normalized spacial score (nSPS) is 10.5. The van der Waals surface area contributed by atoms with Crippen LogP contribution in [0.1, 0.15) is 0 Å². The fourth-order valence-electron chi connectivity index (χ4n) is 1.01. The summed E-state index contributed by atoms with van der Waals surface area (Å²) in [6, 6.07) is 3.08. The molecular formula is C7H5ClN4O. The Morgan fingerprint density at radius 1 is 1.38 bits per heavy atom. The number of hydrogen-bond acceptors (Lipinski definition) is 4. The van der Waals surface area contributed by atoms with Crippen molar-refractivity contribution in [2.75, 3.05) is 5.73 Å². The largest absolute Gasteiger partial charge is 0.369 e. The summed E-state index contributed by atoms with van der Waals surface area (Å²) in [4.78, 5) is 21.3. The molecule has 0 radical (unpaired) electrons. The van der Waals surface area contributed by atoms with Gasteiger partial charge in [0.25, 0.3) is 5.56 Å². The summed E-state index contributed by atoms with van der Waals surface area (Å²) in [5.74, 6) is 0.0345. The highest BCUT2D eigenvalue weighted by molar-refractivity contribution is 6.29. The van der Waals surface area contributed by atoms with Gasteiger partial charge in [-0.3, -0.25) is 9.78 Å². The van der Waals surface area contributed by atoms with Crippen LogP contribution < -0.4 is 11.3 Å². The third kappa shape index (κ3) is 1.33. The van der Waals surface area contributed by atoms with E-state index in [4.69, 9.17) is 17.3 Å². The van der Waals surface area contributed by atoms with Crippen molar-refractivity contribution >= 4 is 28.6 Å². The first-order valence-electron chi connectivity index (χ1n) is 3.49. The first-order chi connectivity index (χ1) is 6.16. The number of nitrogens with two attached hydrogens (primary N) is 1. The molecule has 0 aliphatic rings. The van der Waals surface area contributed by atoms with E-state index in [1.54, 1.807) is 6.07 Å². The van der Waals surface area contributed by atoms with E-state index in [0.29, 0.717) is 5.39 Å². The standard InChI is InChI=1S/C7H5ClN4O/c8-4-2-1-3-5(10-4)11-7(9)12-6(3)13/h1-2H,(H3,9,10,11,12,13). The lowest BCUT2D eigenvalue weighted by atomic mass is 10.3. The predicted molar refractivity (Wildman–Crippen MR) is 49.6 cm³/mol. The Morgan fingerprint density at radius 3 is 2.92 bits per heavy atom. The Morgan fingerprint density at radius 2 is 2.15 bits per heavy atom. The number of rotatable bonds is 0. The van der Waals surface area contributed by atoms with Gasteiger partial charge in [0.15, 0.2) is 5.65 Å². The maximum absolute atomic E-state index is 11.3. The van der Waals surface area contributed by atoms with Gasteiger partial charge in [-0.1, -0.05) is 11.6 Å². The van der Waals surface area contributed by atoms with Gasteiger partial charge in [-0.2, -0.15) is 4.98 Å². The minimum Gasteiger partial charge on any atom is -0.369 e. The third-order valence-electron chi connectivity index (χ3n) is 1.55. The zero-order chi connectivity index (χ0) is 9.42. The van der Waals surface area contributed by atoms with E-state index >= 15 is 0 Å². The molecule has 0 spiro atoms. The second kappa shape index (κ2) is 2.70. The Hall–Kier alpha value is -1.62. The van der Waals surface area contributed by atoms with E-state index in [2.05, 4.69) is 15.0 Å². The molecule has 3 N–H and O–H groups in total. The molecule has 0 aliphatic heterocycles. The van der Waals surface area contributed by atoms with Gasteiger partial charge < -0.3 is 5.73 Å². The van der Waals surface area contributed by atoms with Gasteiger partial charge in [0.1, 0.15) is 5.15 Å². The first-order valence-corrected chi connectivity index (χ1v) is 3.86. The van der Waals surface area contributed by atoms with Crippen molar-refractivity contribution in [2.24, 2.45) is 0 Å². The fourth-order valence-corrected chi connectivity index (χ4v) is 1.16. The van der Waals surface area contributed by atoms with Crippen LogP contribution in [0.5, 0.6) is 0 Å². The number of anilines is 1. The summed E-state index contributed by atoms with van der Waals surface area (Å²) in [7, 11) is 0. The summed E-state index contributed by atoms with van der Waals surface area (Å²) in [6.07, 6.45) is 0. The van der Waals surface area contributed by atoms with Crippen LogP contribution in [0.4, 0.5) is 5.95 Å². The van der Waals surface area contributed by atoms with Crippen LogP contribution in [0.15, 0.2) is 16.9 Å². The number of hydrogen-bond donors (Lipinski definition) is 2. The van der Waals surface area contributed by atoms with Crippen molar-refractivity contribution in [3.63, 3.8) is 0 Å². The second-order valence-corrected chi connectivity index (χ2v) is 2.84. The Bertz CT molecular complexity index is 516. The van der Waals surface area contributed by atoms with E-state index in [0.717, 1.165) is 0 Å². The topological polar surface area (TPSA) is 84.7 Å². The molecule has 2 rings (SSSR count). The average molecular weight is 197 g/mol. The lowest BCUT2D eigenvalue weighted by molar-refractivity contribution is 1.16. The number of nitrogen functional groups attached to an aromatic ring is 1. The average Bonchev–Trinajstić information content (AvgIpc) is 2.02. The molecule has 5 nitrogen and oxygen atoms in total. The van der Waals surface area contributed by atoms with Crippen LogP contribution >= 0.6 is 11.6 Å². The quantitative estimate of drug-likeness (QED) is 0.603. The van der Waals surface area contributed by atoms with E-state index in [9.17, 15) is 4.79 Å². The van der Waals surface area contributed by atoms with E-state index in [1.807, 2.05) is 0 Å². The summed E-state index contributed by atoms with van der Waals surface area (Å²) in [6.45, 7) is 0. The zero-order valence-electron chi connectivity index (χ0n) is 6.41. The fraction of sp³-hybridized carbons (Fsp3) is 0. The molecule has 0 saturated carbocycles. The van der Waals surface area contributed by atoms with Crippen molar-refractivity contribution in [3.05, 3.63) is 27.6 Å². The van der Waals surface area contributed by atoms with Crippen molar-refractivity contribution in [2.45, 2.75) is 0 Å². The van der Waals surface area contributed by atoms with Gasteiger partial charge in [-0.05, 0) is 12.1 Å². The third-order valence-corrected chi connectivity index (χ3v) is 1.76. The Kier molecular flexibility index (Phi) is 1.66. The number of nitrogens with zero attached hydrogens (tertiary/aromatic N) is 2. The molecule has 2 aromatic rings. The van der Waals surface area contributed by atoms with Crippen molar-refractivity contribution in [1.82, 2.24) is 15.0 Å². The molecule has 0 unspecified atom stereocenters. The predicted octanol–water partition coefficient (Wildman–Crippen LogP) is 0.554. The van der Waals surface area contributed by atoms with Crippen LogP contribution in [0.2, 0.25) is 5.15 Å². The van der Waals surface area contributed by atoms with E-state index in [-0.39, 0.29) is 22.3 Å². The zero-order valence-corrected chi connectivity index (χ0v) is 7.17. The van der Waals surface area contributed by atoms with Gasteiger partial charge in [-0.15, -0.1) is 0 Å². The summed E-state index contributed by atoms with van der Waals surface area (Å²) in [5, 5.41) is 0.656. The van der Waals surface area contributed by atoms with Crippen molar-refractivity contribution < 1.29 is 0 Å². The number of aromatic nitrogens is 3. The molecule has 0 atom stereocenters. The highest BCUT2D eigenvalue weighted by Crippen LogP contribution is 2.09. The van der Waals surface area contributed by atoms with Gasteiger partial charge in [0, 0.05) is 0 Å². The first kappa shape index (κ1) is 8.00. The molecule has 13 heavy (non-hydrogen) atoms. The summed E-state index contributed by atoms with van der Waals surface area (Å²) in [5.41, 5.74) is 5.27. The highest BCUT2D eigenvalue weighted by atomic mass is 35.5. The maximum Gasteiger partial charge on any atom is 0.261 e. The van der Waals surface area contributed by atoms with Gasteiger partial charge in [-0.25, -0.2) is 4.98 Å². The molecule has 0 fully saturated rings. The lowest BCUT2D eigenvalue weighted by Crippen LogP contribution is -2.11. The van der Waals surface area contributed by atoms with Crippen molar-refractivity contribution in [3.8, 4) is 0 Å². The summed E-state index contributed by atoms with van der Waals surface area (Å²) < 4.78 is 0. The van der Waals surface area contributed by atoms with Gasteiger partial charge in [0.05, 0.1) is 5.39 Å². The van der Waals surface area contributed by atoms with Crippen LogP contribution in [0.3, 0.4) is 0 Å². The second-order valence-electron chi connectivity index (χ2n) is 2.46. The number of H-pyrrole nitrogens is 1. The minimum absolute atomic E-state index is 0.0345. The van der Waals surface area contributed by atoms with Crippen LogP contribution in [0.25, 0.3) is 11.0 Å². The summed E-state index contributed by atoms with van der Waals surface area (Å²) >= 11 is 5.62. The minimum atomic E-state index is -0.313. The molecule has 0 aliphatic carbocycles.